The third-order valence-electron chi connectivity index (χ3n) is 3.72. The highest BCUT2D eigenvalue weighted by Crippen LogP contribution is 2.33. The maximum atomic E-state index is 12.0. The molecule has 0 fully saturated rings. The lowest BCUT2D eigenvalue weighted by Crippen LogP contribution is -2.41. The Morgan fingerprint density at radius 3 is 2.89 bits per heavy atom. The second kappa shape index (κ2) is 6.06. The number of benzene rings is 1. The smallest absolute Gasteiger partial charge is 0.220 e. The van der Waals surface area contributed by atoms with Gasteiger partial charge in [-0.3, -0.25) is 4.79 Å². The van der Waals surface area contributed by atoms with Gasteiger partial charge >= 0.3 is 0 Å². The lowest BCUT2D eigenvalue weighted by atomic mass is 9.97. The van der Waals surface area contributed by atoms with Gasteiger partial charge in [0.05, 0.1) is 12.6 Å². The standard InChI is InChI=1S/C15H22N2O2/c1-10(2)14(9-18)17-15(19)7-11-8-16-13-6-4-3-5-12(11)13/h3-6,10-11,14,16,18H,7-9H2,1-2H3,(H,17,19). The van der Waals surface area contributed by atoms with E-state index < -0.39 is 0 Å². The Bertz CT molecular complexity index is 446. The zero-order valence-corrected chi connectivity index (χ0v) is 11.5. The second-order valence-electron chi connectivity index (χ2n) is 5.47. The number of carbonyl (C=O) groups excluding carboxylic acids is 1. The van der Waals surface area contributed by atoms with E-state index in [9.17, 15) is 9.90 Å². The summed E-state index contributed by atoms with van der Waals surface area (Å²) in [7, 11) is 0. The van der Waals surface area contributed by atoms with Crippen molar-refractivity contribution in [1.29, 1.82) is 0 Å². The van der Waals surface area contributed by atoms with E-state index in [0.717, 1.165) is 12.2 Å². The third kappa shape index (κ3) is 3.26. The summed E-state index contributed by atoms with van der Waals surface area (Å²) in [6, 6.07) is 7.95. The number of anilines is 1. The molecule has 0 spiro atoms. The maximum Gasteiger partial charge on any atom is 0.220 e. The molecule has 0 radical (unpaired) electrons. The largest absolute Gasteiger partial charge is 0.394 e. The molecule has 1 heterocycles. The van der Waals surface area contributed by atoms with Crippen molar-refractivity contribution in [2.45, 2.75) is 32.2 Å². The van der Waals surface area contributed by atoms with Crippen LogP contribution in [0.3, 0.4) is 0 Å². The lowest BCUT2D eigenvalue weighted by Gasteiger charge is -2.21. The minimum Gasteiger partial charge on any atom is -0.394 e. The SMILES string of the molecule is CC(C)C(CO)NC(=O)CC1CNc2ccccc21. The zero-order valence-electron chi connectivity index (χ0n) is 11.5. The predicted molar refractivity (Wildman–Crippen MR) is 76.1 cm³/mol. The minimum absolute atomic E-state index is 0.0104. The first-order valence-electron chi connectivity index (χ1n) is 6.84. The number of hydrogen-bond acceptors (Lipinski definition) is 3. The van der Waals surface area contributed by atoms with Crippen molar-refractivity contribution in [2.75, 3.05) is 18.5 Å². The molecule has 3 N–H and O–H groups in total. The van der Waals surface area contributed by atoms with Gasteiger partial charge in [0.25, 0.3) is 0 Å². The summed E-state index contributed by atoms with van der Waals surface area (Å²) in [6.07, 6.45) is 0.466. The van der Waals surface area contributed by atoms with Crippen molar-refractivity contribution in [3.63, 3.8) is 0 Å². The van der Waals surface area contributed by atoms with Crippen molar-refractivity contribution in [2.24, 2.45) is 5.92 Å². The van der Waals surface area contributed by atoms with E-state index in [1.807, 2.05) is 32.0 Å². The van der Waals surface area contributed by atoms with Gasteiger partial charge in [0.1, 0.15) is 0 Å². The fraction of sp³-hybridized carbons (Fsp3) is 0.533. The van der Waals surface area contributed by atoms with E-state index in [1.165, 1.54) is 5.56 Å². The molecule has 0 aliphatic carbocycles. The van der Waals surface area contributed by atoms with E-state index in [2.05, 4.69) is 16.7 Å². The normalized spacial score (nSPS) is 18.8. The van der Waals surface area contributed by atoms with Crippen molar-refractivity contribution in [1.82, 2.24) is 5.32 Å². The van der Waals surface area contributed by atoms with Crippen LogP contribution in [0.4, 0.5) is 5.69 Å². The fourth-order valence-corrected chi connectivity index (χ4v) is 2.45. The monoisotopic (exact) mass is 262 g/mol. The first-order valence-corrected chi connectivity index (χ1v) is 6.84. The van der Waals surface area contributed by atoms with Crippen LogP contribution in [0.2, 0.25) is 0 Å². The molecule has 1 aromatic rings. The Morgan fingerprint density at radius 2 is 2.21 bits per heavy atom. The molecule has 0 aromatic heterocycles. The minimum atomic E-state index is -0.155. The van der Waals surface area contributed by atoms with Gasteiger partial charge in [-0.2, -0.15) is 0 Å². The number of hydrogen-bond donors (Lipinski definition) is 3. The number of aliphatic hydroxyl groups is 1. The van der Waals surface area contributed by atoms with Crippen LogP contribution >= 0.6 is 0 Å². The molecule has 2 unspecified atom stereocenters. The second-order valence-corrected chi connectivity index (χ2v) is 5.47. The quantitative estimate of drug-likeness (QED) is 0.757. The molecule has 4 nitrogen and oxygen atoms in total. The highest BCUT2D eigenvalue weighted by molar-refractivity contribution is 5.78. The van der Waals surface area contributed by atoms with Crippen LogP contribution in [-0.2, 0) is 4.79 Å². The highest BCUT2D eigenvalue weighted by Gasteiger charge is 2.25. The van der Waals surface area contributed by atoms with Crippen LogP contribution in [0.5, 0.6) is 0 Å². The predicted octanol–water partition coefficient (Wildman–Crippen LogP) is 1.72. The molecule has 0 saturated heterocycles. The Balaban J connectivity index is 1.94. The summed E-state index contributed by atoms with van der Waals surface area (Å²) < 4.78 is 0. The van der Waals surface area contributed by atoms with Gasteiger partial charge in [0.15, 0.2) is 0 Å². The number of para-hydroxylation sites is 1. The zero-order chi connectivity index (χ0) is 13.8. The first-order chi connectivity index (χ1) is 9.11. The van der Waals surface area contributed by atoms with Gasteiger partial charge in [0, 0.05) is 24.6 Å². The summed E-state index contributed by atoms with van der Waals surface area (Å²) in [6.45, 7) is 4.78. The maximum absolute atomic E-state index is 12.0. The topological polar surface area (TPSA) is 61.4 Å². The van der Waals surface area contributed by atoms with Gasteiger partial charge in [-0.1, -0.05) is 32.0 Å². The molecule has 1 aromatic carbocycles. The Labute approximate surface area is 114 Å². The van der Waals surface area contributed by atoms with Crippen molar-refractivity contribution < 1.29 is 9.90 Å². The van der Waals surface area contributed by atoms with Crippen molar-refractivity contribution >= 4 is 11.6 Å². The average Bonchev–Trinajstić information content (AvgIpc) is 2.79. The highest BCUT2D eigenvalue weighted by atomic mass is 16.3. The molecule has 19 heavy (non-hydrogen) atoms. The molecular formula is C15H22N2O2. The first kappa shape index (κ1) is 13.9. The molecule has 0 bridgehead atoms. The number of fused-ring (bicyclic) bond motifs is 1. The molecule has 1 aliphatic rings. The number of nitrogens with one attached hydrogen (secondary N) is 2. The van der Waals surface area contributed by atoms with Gasteiger partial charge < -0.3 is 15.7 Å². The van der Waals surface area contributed by atoms with Crippen molar-refractivity contribution in [3.05, 3.63) is 29.8 Å². The average molecular weight is 262 g/mol. The molecule has 1 aliphatic heterocycles. The Hall–Kier alpha value is -1.55. The van der Waals surface area contributed by atoms with E-state index in [-0.39, 0.29) is 30.4 Å². The number of carbonyl (C=O) groups is 1. The van der Waals surface area contributed by atoms with Crippen LogP contribution < -0.4 is 10.6 Å². The molecule has 1 amide bonds. The van der Waals surface area contributed by atoms with E-state index in [4.69, 9.17) is 0 Å². The summed E-state index contributed by atoms with van der Waals surface area (Å²) in [5.74, 6) is 0.474. The lowest BCUT2D eigenvalue weighted by molar-refractivity contribution is -0.122. The van der Waals surface area contributed by atoms with Gasteiger partial charge in [-0.15, -0.1) is 0 Å². The molecule has 104 valence electrons. The summed E-state index contributed by atoms with van der Waals surface area (Å²) >= 11 is 0. The summed E-state index contributed by atoms with van der Waals surface area (Å²) in [5, 5.41) is 15.5. The van der Waals surface area contributed by atoms with Crippen LogP contribution in [-0.4, -0.2) is 30.2 Å². The Morgan fingerprint density at radius 1 is 1.47 bits per heavy atom. The Kier molecular flexibility index (Phi) is 4.43. The van der Waals surface area contributed by atoms with Crippen LogP contribution in [0.25, 0.3) is 0 Å². The molecule has 0 saturated carbocycles. The van der Waals surface area contributed by atoms with Crippen molar-refractivity contribution in [3.8, 4) is 0 Å². The number of amides is 1. The fourth-order valence-electron chi connectivity index (χ4n) is 2.45. The molecule has 2 rings (SSSR count). The molecular weight excluding hydrogens is 240 g/mol. The third-order valence-corrected chi connectivity index (χ3v) is 3.72. The molecule has 2 atom stereocenters. The van der Waals surface area contributed by atoms with Crippen LogP contribution in [0.15, 0.2) is 24.3 Å². The van der Waals surface area contributed by atoms with Gasteiger partial charge in [-0.05, 0) is 17.5 Å². The van der Waals surface area contributed by atoms with E-state index >= 15 is 0 Å². The van der Waals surface area contributed by atoms with Crippen LogP contribution in [0.1, 0.15) is 31.7 Å². The van der Waals surface area contributed by atoms with E-state index in [0.29, 0.717) is 6.42 Å². The van der Waals surface area contributed by atoms with Gasteiger partial charge in [-0.25, -0.2) is 0 Å². The summed E-state index contributed by atoms with van der Waals surface area (Å²) in [5.41, 5.74) is 2.34. The number of rotatable bonds is 5. The number of aliphatic hydroxyl groups excluding tert-OH is 1. The van der Waals surface area contributed by atoms with E-state index in [1.54, 1.807) is 0 Å². The van der Waals surface area contributed by atoms with Crippen LogP contribution in [0, 0.1) is 5.92 Å². The van der Waals surface area contributed by atoms with Gasteiger partial charge in [0.2, 0.25) is 5.91 Å². The molecule has 4 heteroatoms. The summed E-state index contributed by atoms with van der Waals surface area (Å²) in [4.78, 5) is 12.0.